The summed E-state index contributed by atoms with van der Waals surface area (Å²) >= 11 is 0. The molecule has 0 saturated heterocycles. The molecule has 27 valence electrons. The van der Waals surface area contributed by atoms with E-state index in [1.165, 1.54) is 6.20 Å². The van der Waals surface area contributed by atoms with Gasteiger partial charge in [0.05, 0.1) is 0 Å². The van der Waals surface area contributed by atoms with E-state index in [4.69, 9.17) is 11.1 Å². The zero-order chi connectivity index (χ0) is 4.12. The Hall–Kier alpha value is -0.790. The van der Waals surface area contributed by atoms with Crippen molar-refractivity contribution in [2.45, 2.75) is 0 Å². The number of allylic oxidation sites excluding steroid dienone is 1. The predicted molar refractivity (Wildman–Crippen MR) is 20.8 cm³/mol. The molecule has 0 aliphatic heterocycles. The Labute approximate surface area is 30.8 Å². The summed E-state index contributed by atoms with van der Waals surface area (Å²) < 4.78 is 0. The Kier molecular flexibility index (Phi) is 2.70. The van der Waals surface area contributed by atoms with Crippen molar-refractivity contribution in [3.8, 4) is 0 Å². The highest BCUT2D eigenvalue weighted by Crippen LogP contribution is 1.42. The van der Waals surface area contributed by atoms with Crippen molar-refractivity contribution >= 4 is 6.21 Å². The molecule has 0 fully saturated rings. The minimum absolute atomic E-state index is 1.00. The van der Waals surface area contributed by atoms with Crippen molar-refractivity contribution < 1.29 is 0 Å². The monoisotopic (exact) mass is 69.0 g/mol. The second-order valence-electron chi connectivity index (χ2n) is 0.478. The molecule has 0 atom stereocenters. The van der Waals surface area contributed by atoms with Gasteiger partial charge in [0.15, 0.2) is 0 Å². The normalized spacial score (nSPS) is 8.80. The smallest absolute Gasteiger partial charge is 0.0271 e. The lowest BCUT2D eigenvalue weighted by Gasteiger charge is -1.55. The van der Waals surface area contributed by atoms with Crippen LogP contribution in [0, 0.1) is 11.5 Å². The van der Waals surface area contributed by atoms with Gasteiger partial charge in [-0.05, 0) is 0 Å². The summed E-state index contributed by atoms with van der Waals surface area (Å²) in [7, 11) is 0. The van der Waals surface area contributed by atoms with E-state index in [9.17, 15) is 0 Å². The third-order valence-corrected chi connectivity index (χ3v) is 0.180. The van der Waals surface area contributed by atoms with Crippen LogP contribution in [0.1, 0.15) is 0 Å². The Morgan fingerprint density at radius 1 is 1.80 bits per heavy atom. The number of rotatable bonds is 1. The van der Waals surface area contributed by atoms with Gasteiger partial charge in [-0.25, -0.2) is 0 Å². The molecule has 0 aromatic carbocycles. The van der Waals surface area contributed by atoms with Crippen LogP contribution in [0.15, 0.2) is 6.20 Å². The van der Waals surface area contributed by atoms with Crippen LogP contribution < -0.4 is 5.73 Å². The zero-order valence-electron chi connectivity index (χ0n) is 2.73. The largest absolute Gasteiger partial charge is 0.404 e. The molecule has 0 aromatic rings. The molecule has 0 heterocycles. The maximum atomic E-state index is 6.26. The minimum Gasteiger partial charge on any atom is -0.404 e. The fourth-order valence-corrected chi connectivity index (χ4v) is 0.0481. The summed E-state index contributed by atoms with van der Waals surface area (Å²) in [6.07, 6.45) is 4.49. The van der Waals surface area contributed by atoms with Crippen molar-refractivity contribution in [1.82, 2.24) is 0 Å². The summed E-state index contributed by atoms with van der Waals surface area (Å²) in [6, 6.07) is 0. The molecular weight excluding hydrogens is 64.0 g/mol. The van der Waals surface area contributed by atoms with Crippen LogP contribution in [0.5, 0.6) is 0 Å². The van der Waals surface area contributed by atoms with Crippen molar-refractivity contribution in [2.24, 2.45) is 5.73 Å². The van der Waals surface area contributed by atoms with Crippen LogP contribution >= 0.6 is 0 Å². The van der Waals surface area contributed by atoms with Gasteiger partial charge in [-0.1, -0.05) is 0 Å². The van der Waals surface area contributed by atoms with E-state index < -0.39 is 0 Å². The molecule has 0 aromatic heterocycles. The van der Waals surface area contributed by atoms with Gasteiger partial charge in [0, 0.05) is 18.5 Å². The fraction of sp³-hybridized carbons (Fsp3) is 0. The van der Waals surface area contributed by atoms with E-state index in [1.807, 2.05) is 0 Å². The number of hydrogen-bond acceptors (Lipinski definition) is 2. The van der Waals surface area contributed by atoms with Crippen LogP contribution in [-0.4, -0.2) is 6.21 Å². The second kappa shape index (κ2) is 3.21. The maximum Gasteiger partial charge on any atom is 0.0271 e. The first-order valence-electron chi connectivity index (χ1n) is 1.20. The van der Waals surface area contributed by atoms with E-state index in [0.717, 1.165) is 6.21 Å². The third-order valence-electron chi connectivity index (χ3n) is 0.180. The maximum absolute atomic E-state index is 6.26. The van der Waals surface area contributed by atoms with Crippen LogP contribution in [0.4, 0.5) is 0 Å². The Bertz CT molecular complexity index is 46.9. The molecule has 1 radical (unpaired) electrons. The topological polar surface area (TPSA) is 49.9 Å². The van der Waals surface area contributed by atoms with Crippen molar-refractivity contribution in [3.63, 3.8) is 0 Å². The molecule has 3 N–H and O–H groups in total. The zero-order valence-corrected chi connectivity index (χ0v) is 2.73. The van der Waals surface area contributed by atoms with Crippen LogP contribution in [-0.2, 0) is 0 Å². The lowest BCUT2D eigenvalue weighted by molar-refractivity contribution is 1.54. The van der Waals surface area contributed by atoms with E-state index >= 15 is 0 Å². The molecule has 0 aliphatic rings. The molecule has 0 aliphatic carbocycles. The molecule has 0 amide bonds. The first-order valence-corrected chi connectivity index (χ1v) is 1.20. The van der Waals surface area contributed by atoms with Gasteiger partial charge in [0.1, 0.15) is 0 Å². The first kappa shape index (κ1) is 4.21. The summed E-state index contributed by atoms with van der Waals surface area (Å²) in [5.74, 6) is 0. The first-order chi connectivity index (χ1) is 2.41. The van der Waals surface area contributed by atoms with Gasteiger partial charge in [-0.2, -0.15) is 0 Å². The van der Waals surface area contributed by atoms with Crippen LogP contribution in [0.3, 0.4) is 0 Å². The molecule has 0 rings (SSSR count). The lowest BCUT2D eigenvalue weighted by Crippen LogP contribution is -1.74. The van der Waals surface area contributed by atoms with E-state index in [-0.39, 0.29) is 0 Å². The fourth-order valence-electron chi connectivity index (χ4n) is 0.0481. The Balaban J connectivity index is 2.92. The SMILES string of the molecule is N=C/[C]=C\N. The molecule has 0 saturated carbocycles. The highest BCUT2D eigenvalue weighted by Gasteiger charge is 1.45. The summed E-state index contributed by atoms with van der Waals surface area (Å²) in [6.45, 7) is 0. The van der Waals surface area contributed by atoms with E-state index in [0.29, 0.717) is 0 Å². The van der Waals surface area contributed by atoms with Crippen LogP contribution in [0.25, 0.3) is 0 Å². The van der Waals surface area contributed by atoms with Crippen LogP contribution in [0.2, 0.25) is 0 Å². The summed E-state index contributed by atoms with van der Waals surface area (Å²) in [5.41, 5.74) is 4.75. The van der Waals surface area contributed by atoms with Gasteiger partial charge in [0.25, 0.3) is 0 Å². The number of nitrogens with two attached hydrogens (primary N) is 1. The van der Waals surface area contributed by atoms with E-state index in [2.05, 4.69) is 6.08 Å². The highest BCUT2D eigenvalue weighted by atomic mass is 14.5. The number of hydrogen-bond donors (Lipinski definition) is 2. The molecule has 0 bridgehead atoms. The van der Waals surface area contributed by atoms with Crippen molar-refractivity contribution in [3.05, 3.63) is 12.3 Å². The van der Waals surface area contributed by atoms with Gasteiger partial charge in [0.2, 0.25) is 0 Å². The molecule has 0 unspecified atom stereocenters. The van der Waals surface area contributed by atoms with Gasteiger partial charge in [-0.3, -0.25) is 0 Å². The molecule has 5 heavy (non-hydrogen) atoms. The number of nitrogens with one attached hydrogen (secondary N) is 1. The highest BCUT2D eigenvalue weighted by molar-refractivity contribution is 5.61. The average molecular weight is 69.1 g/mol. The third kappa shape index (κ3) is 3.21. The Morgan fingerprint density at radius 2 is 2.40 bits per heavy atom. The van der Waals surface area contributed by atoms with Gasteiger partial charge < -0.3 is 11.1 Å². The van der Waals surface area contributed by atoms with E-state index in [1.54, 1.807) is 0 Å². The summed E-state index contributed by atoms with van der Waals surface area (Å²) in [5, 5.41) is 6.26. The quantitative estimate of drug-likeness (QED) is 0.415. The average Bonchev–Trinajstić information content (AvgIpc) is 1.41. The van der Waals surface area contributed by atoms with Crippen molar-refractivity contribution in [2.75, 3.05) is 0 Å². The second-order valence-corrected chi connectivity index (χ2v) is 0.478. The Morgan fingerprint density at radius 3 is 2.40 bits per heavy atom. The summed E-state index contributed by atoms with van der Waals surface area (Å²) in [4.78, 5) is 0. The molecule has 2 heteroatoms. The standard InChI is InChI=1S/C3H5N2/c4-2-1-3-5/h2-4H,5H2. The van der Waals surface area contributed by atoms with Gasteiger partial charge in [-0.15, -0.1) is 0 Å². The molecule has 0 spiro atoms. The lowest BCUT2D eigenvalue weighted by atomic mass is 10.7. The van der Waals surface area contributed by atoms with Gasteiger partial charge >= 0.3 is 0 Å². The predicted octanol–water partition coefficient (Wildman–Crippen LogP) is -0.0884. The molecule has 2 nitrogen and oxygen atoms in total. The minimum atomic E-state index is 1.00. The van der Waals surface area contributed by atoms with Crippen molar-refractivity contribution in [1.29, 1.82) is 5.41 Å². The molecular formula is C3H5N2.